The summed E-state index contributed by atoms with van der Waals surface area (Å²) in [4.78, 5) is 14.0. The molecule has 2 rings (SSSR count). The van der Waals surface area contributed by atoms with Crippen molar-refractivity contribution in [3.63, 3.8) is 0 Å². The van der Waals surface area contributed by atoms with Gasteiger partial charge in [0.2, 0.25) is 5.91 Å². The van der Waals surface area contributed by atoms with Crippen LogP contribution in [-0.4, -0.2) is 31.5 Å². The third kappa shape index (κ3) is 5.53. The van der Waals surface area contributed by atoms with Gasteiger partial charge in [-0.05, 0) is 37.7 Å². The predicted octanol–water partition coefficient (Wildman–Crippen LogP) is 3.28. The van der Waals surface area contributed by atoms with E-state index in [0.717, 1.165) is 17.4 Å². The molecule has 0 aliphatic carbocycles. The van der Waals surface area contributed by atoms with Gasteiger partial charge in [-0.15, -0.1) is 0 Å². The molecule has 0 bridgehead atoms. The molecular formula is C19H22F2N2O2. The van der Waals surface area contributed by atoms with Crippen molar-refractivity contribution in [1.82, 2.24) is 10.2 Å². The molecule has 134 valence electrons. The van der Waals surface area contributed by atoms with E-state index in [-0.39, 0.29) is 18.0 Å². The maximum Gasteiger partial charge on any atom is 0.234 e. The van der Waals surface area contributed by atoms with Crippen LogP contribution in [0.3, 0.4) is 0 Å². The second-order valence-electron chi connectivity index (χ2n) is 5.98. The zero-order valence-electron chi connectivity index (χ0n) is 14.6. The minimum absolute atomic E-state index is 0.157. The number of benzene rings is 2. The first-order chi connectivity index (χ1) is 11.9. The van der Waals surface area contributed by atoms with Crippen LogP contribution >= 0.6 is 0 Å². The summed E-state index contributed by atoms with van der Waals surface area (Å²) in [5, 5.41) is 2.73. The fraction of sp³-hybridized carbons (Fsp3) is 0.316. The summed E-state index contributed by atoms with van der Waals surface area (Å²) in [7, 11) is 3.43. The van der Waals surface area contributed by atoms with Gasteiger partial charge >= 0.3 is 0 Å². The highest BCUT2D eigenvalue weighted by Gasteiger charge is 2.15. The SMILES string of the molecule is COc1cccc(CN(C)CC(=O)N[C@H](C)c2ccc(F)cc2F)c1. The van der Waals surface area contributed by atoms with Gasteiger partial charge in [0.25, 0.3) is 0 Å². The number of hydrogen-bond acceptors (Lipinski definition) is 3. The van der Waals surface area contributed by atoms with Crippen molar-refractivity contribution in [2.75, 3.05) is 20.7 Å². The Kier molecular flexibility index (Phi) is 6.47. The van der Waals surface area contributed by atoms with Gasteiger partial charge < -0.3 is 10.1 Å². The zero-order chi connectivity index (χ0) is 18.4. The summed E-state index contributed by atoms with van der Waals surface area (Å²) in [6.45, 7) is 2.39. The Morgan fingerprint density at radius 1 is 1.24 bits per heavy atom. The number of rotatable bonds is 7. The lowest BCUT2D eigenvalue weighted by molar-refractivity contribution is -0.122. The van der Waals surface area contributed by atoms with E-state index in [4.69, 9.17) is 4.74 Å². The molecule has 1 N–H and O–H groups in total. The Labute approximate surface area is 146 Å². The summed E-state index contributed by atoms with van der Waals surface area (Å²) in [6, 6.07) is 10.4. The molecule has 0 heterocycles. The Morgan fingerprint density at radius 3 is 2.68 bits per heavy atom. The molecule has 2 aromatic carbocycles. The minimum Gasteiger partial charge on any atom is -0.497 e. The van der Waals surface area contributed by atoms with Gasteiger partial charge in [-0.3, -0.25) is 9.69 Å². The fourth-order valence-corrected chi connectivity index (χ4v) is 2.60. The molecule has 0 saturated heterocycles. The van der Waals surface area contributed by atoms with E-state index in [1.165, 1.54) is 12.1 Å². The lowest BCUT2D eigenvalue weighted by Gasteiger charge is -2.20. The van der Waals surface area contributed by atoms with Crippen molar-refractivity contribution in [3.05, 3.63) is 65.2 Å². The van der Waals surface area contributed by atoms with Crippen molar-refractivity contribution >= 4 is 5.91 Å². The average Bonchev–Trinajstić information content (AvgIpc) is 2.54. The molecule has 6 heteroatoms. The van der Waals surface area contributed by atoms with Crippen molar-refractivity contribution in [3.8, 4) is 5.75 Å². The summed E-state index contributed by atoms with van der Waals surface area (Å²) < 4.78 is 31.9. The second kappa shape index (κ2) is 8.58. The maximum atomic E-state index is 13.8. The maximum absolute atomic E-state index is 13.8. The van der Waals surface area contributed by atoms with Crippen molar-refractivity contribution in [1.29, 1.82) is 0 Å². The largest absolute Gasteiger partial charge is 0.497 e. The molecule has 2 aromatic rings. The number of nitrogens with one attached hydrogen (secondary N) is 1. The standard InChI is InChI=1S/C19H22F2N2O2/c1-13(17-8-7-15(20)10-18(17)21)22-19(24)12-23(2)11-14-5-4-6-16(9-14)25-3/h4-10,13H,11-12H2,1-3H3,(H,22,24)/t13-/m1/s1. The van der Waals surface area contributed by atoms with Crippen molar-refractivity contribution in [2.24, 2.45) is 0 Å². The van der Waals surface area contributed by atoms with Crippen molar-refractivity contribution < 1.29 is 18.3 Å². The van der Waals surface area contributed by atoms with Crippen LogP contribution in [0.15, 0.2) is 42.5 Å². The van der Waals surface area contributed by atoms with Gasteiger partial charge in [-0.1, -0.05) is 18.2 Å². The van der Waals surface area contributed by atoms with Gasteiger partial charge in [-0.2, -0.15) is 0 Å². The number of carbonyl (C=O) groups excluding carboxylic acids is 1. The molecular weight excluding hydrogens is 326 g/mol. The molecule has 0 aliphatic heterocycles. The summed E-state index contributed by atoms with van der Waals surface area (Å²) in [5.74, 6) is -0.785. The third-order valence-electron chi connectivity index (χ3n) is 3.81. The Balaban J connectivity index is 1.90. The van der Waals surface area contributed by atoms with Gasteiger partial charge in [0, 0.05) is 18.2 Å². The monoisotopic (exact) mass is 348 g/mol. The summed E-state index contributed by atoms with van der Waals surface area (Å²) >= 11 is 0. The van der Waals surface area contributed by atoms with Crippen LogP contribution in [0.2, 0.25) is 0 Å². The molecule has 0 spiro atoms. The molecule has 0 aromatic heterocycles. The first kappa shape index (κ1) is 18.9. The van der Waals surface area contributed by atoms with E-state index in [1.807, 2.05) is 36.2 Å². The number of ether oxygens (including phenoxy) is 1. The predicted molar refractivity (Wildman–Crippen MR) is 92.2 cm³/mol. The highest BCUT2D eigenvalue weighted by atomic mass is 19.1. The van der Waals surface area contributed by atoms with E-state index in [1.54, 1.807) is 14.0 Å². The molecule has 1 amide bonds. The first-order valence-electron chi connectivity index (χ1n) is 7.95. The number of halogens is 2. The molecule has 0 aliphatic rings. The van der Waals surface area contributed by atoms with Gasteiger partial charge in [0.15, 0.2) is 0 Å². The Hall–Kier alpha value is -2.47. The van der Waals surface area contributed by atoms with Crippen LogP contribution in [0.25, 0.3) is 0 Å². The van der Waals surface area contributed by atoms with Gasteiger partial charge in [0.05, 0.1) is 19.7 Å². The molecule has 0 saturated carbocycles. The van der Waals surface area contributed by atoms with Gasteiger partial charge in [-0.25, -0.2) is 8.78 Å². The molecule has 0 fully saturated rings. The topological polar surface area (TPSA) is 41.6 Å². The van der Waals surface area contributed by atoms with Crippen LogP contribution in [0.5, 0.6) is 5.75 Å². The highest BCUT2D eigenvalue weighted by Crippen LogP contribution is 2.18. The number of hydrogen-bond donors (Lipinski definition) is 1. The number of nitrogens with zero attached hydrogens (tertiary/aromatic N) is 1. The quantitative estimate of drug-likeness (QED) is 0.835. The van der Waals surface area contributed by atoms with Crippen LogP contribution in [0.1, 0.15) is 24.1 Å². The number of likely N-dealkylation sites (N-methyl/N-ethyl adjacent to an activating group) is 1. The summed E-state index contributed by atoms with van der Waals surface area (Å²) in [6.07, 6.45) is 0. The molecule has 1 atom stereocenters. The fourth-order valence-electron chi connectivity index (χ4n) is 2.60. The van der Waals surface area contributed by atoms with E-state index in [9.17, 15) is 13.6 Å². The first-order valence-corrected chi connectivity index (χ1v) is 7.95. The average molecular weight is 348 g/mol. The summed E-state index contributed by atoms with van der Waals surface area (Å²) in [5.41, 5.74) is 1.28. The van der Waals surface area contributed by atoms with Gasteiger partial charge in [0.1, 0.15) is 17.4 Å². The van der Waals surface area contributed by atoms with Crippen molar-refractivity contribution in [2.45, 2.75) is 19.5 Å². The smallest absolute Gasteiger partial charge is 0.234 e. The van der Waals surface area contributed by atoms with E-state index in [2.05, 4.69) is 5.32 Å². The van der Waals surface area contributed by atoms with E-state index >= 15 is 0 Å². The third-order valence-corrected chi connectivity index (χ3v) is 3.81. The highest BCUT2D eigenvalue weighted by molar-refractivity contribution is 5.78. The lowest BCUT2D eigenvalue weighted by Crippen LogP contribution is -2.36. The molecule has 0 radical (unpaired) electrons. The van der Waals surface area contributed by atoms with Crippen LogP contribution in [-0.2, 0) is 11.3 Å². The number of amides is 1. The number of carbonyl (C=O) groups is 1. The Bertz CT molecular complexity index is 737. The zero-order valence-corrected chi connectivity index (χ0v) is 14.6. The van der Waals surface area contributed by atoms with Crippen LogP contribution in [0, 0.1) is 11.6 Å². The van der Waals surface area contributed by atoms with E-state index in [0.29, 0.717) is 6.54 Å². The molecule has 0 unspecified atom stereocenters. The normalized spacial score (nSPS) is 12.1. The van der Waals surface area contributed by atoms with Crippen LogP contribution in [0.4, 0.5) is 8.78 Å². The Morgan fingerprint density at radius 2 is 2.00 bits per heavy atom. The van der Waals surface area contributed by atoms with Crippen LogP contribution < -0.4 is 10.1 Å². The number of methoxy groups -OCH3 is 1. The minimum atomic E-state index is -0.669. The lowest BCUT2D eigenvalue weighted by atomic mass is 10.1. The molecule has 25 heavy (non-hydrogen) atoms. The second-order valence-corrected chi connectivity index (χ2v) is 5.98. The van der Waals surface area contributed by atoms with E-state index < -0.39 is 17.7 Å². The molecule has 4 nitrogen and oxygen atoms in total.